The summed E-state index contributed by atoms with van der Waals surface area (Å²) in [5.41, 5.74) is 8.50. The van der Waals surface area contributed by atoms with Crippen LogP contribution in [0.15, 0.2) is 18.2 Å². The monoisotopic (exact) mass is 261 g/mol. The fourth-order valence-corrected chi connectivity index (χ4v) is 2.24. The van der Waals surface area contributed by atoms with Gasteiger partial charge in [-0.15, -0.1) is 0 Å². The molecule has 1 aliphatic carbocycles. The number of carbonyl (C=O) groups is 1. The first-order valence-electron chi connectivity index (χ1n) is 6.89. The first-order valence-corrected chi connectivity index (χ1v) is 6.89. The number of rotatable bonds is 5. The lowest BCUT2D eigenvalue weighted by Gasteiger charge is -2.25. The van der Waals surface area contributed by atoms with Crippen molar-refractivity contribution in [2.75, 3.05) is 37.8 Å². The summed E-state index contributed by atoms with van der Waals surface area (Å²) in [6.07, 6.45) is 2.65. The minimum Gasteiger partial charge on any atom is -0.397 e. The molecule has 4 heteroatoms. The summed E-state index contributed by atoms with van der Waals surface area (Å²) in [6, 6.07) is 5.62. The Bertz CT molecular complexity index is 466. The third-order valence-electron chi connectivity index (χ3n) is 3.58. The quantitative estimate of drug-likeness (QED) is 0.827. The molecule has 1 aliphatic rings. The Kier molecular flexibility index (Phi) is 3.98. The zero-order valence-electron chi connectivity index (χ0n) is 12.0. The summed E-state index contributed by atoms with van der Waals surface area (Å²) in [5.74, 6) is 0.811. The van der Waals surface area contributed by atoms with E-state index in [4.69, 9.17) is 5.73 Å². The van der Waals surface area contributed by atoms with E-state index in [2.05, 4.69) is 11.8 Å². The molecule has 104 valence electrons. The van der Waals surface area contributed by atoms with Gasteiger partial charge in [0.1, 0.15) is 0 Å². The molecule has 0 aliphatic heterocycles. The van der Waals surface area contributed by atoms with Gasteiger partial charge in [-0.2, -0.15) is 0 Å². The summed E-state index contributed by atoms with van der Waals surface area (Å²) in [4.78, 5) is 15.8. The molecule has 0 aromatic heterocycles. The van der Waals surface area contributed by atoms with Crippen molar-refractivity contribution in [2.45, 2.75) is 19.8 Å². The van der Waals surface area contributed by atoms with Crippen molar-refractivity contribution in [2.24, 2.45) is 5.92 Å². The molecule has 2 rings (SSSR count). The van der Waals surface area contributed by atoms with Crippen LogP contribution in [-0.2, 0) is 0 Å². The Morgan fingerprint density at radius 2 is 2.05 bits per heavy atom. The molecular formula is C15H23N3O. The van der Waals surface area contributed by atoms with E-state index in [1.54, 1.807) is 25.1 Å². The molecular weight excluding hydrogens is 238 g/mol. The summed E-state index contributed by atoms with van der Waals surface area (Å²) in [7, 11) is 3.50. The second-order valence-corrected chi connectivity index (χ2v) is 5.46. The molecule has 0 saturated heterocycles. The summed E-state index contributed by atoms with van der Waals surface area (Å²) in [6.45, 7) is 4.16. The normalized spacial score (nSPS) is 14.3. The molecule has 0 atom stereocenters. The number of hydrogen-bond donors (Lipinski definition) is 1. The van der Waals surface area contributed by atoms with Gasteiger partial charge in [0.15, 0.2) is 0 Å². The van der Waals surface area contributed by atoms with E-state index in [0.717, 1.165) is 24.7 Å². The van der Waals surface area contributed by atoms with Gasteiger partial charge < -0.3 is 15.5 Å². The van der Waals surface area contributed by atoms with Gasteiger partial charge in [0, 0.05) is 32.7 Å². The first-order chi connectivity index (χ1) is 9.02. The Morgan fingerprint density at radius 1 is 1.37 bits per heavy atom. The average molecular weight is 261 g/mol. The van der Waals surface area contributed by atoms with Crippen molar-refractivity contribution < 1.29 is 4.79 Å². The molecule has 0 bridgehead atoms. The van der Waals surface area contributed by atoms with Gasteiger partial charge >= 0.3 is 0 Å². The molecule has 0 heterocycles. The lowest BCUT2D eigenvalue weighted by molar-refractivity contribution is 0.0827. The van der Waals surface area contributed by atoms with Crippen LogP contribution < -0.4 is 10.6 Å². The van der Waals surface area contributed by atoms with Crippen molar-refractivity contribution in [3.8, 4) is 0 Å². The molecule has 0 radical (unpaired) electrons. The molecule has 1 amide bonds. The minimum atomic E-state index is -0.0107. The molecule has 1 aromatic carbocycles. The molecule has 2 N–H and O–H groups in total. The van der Waals surface area contributed by atoms with Crippen LogP contribution in [0.25, 0.3) is 0 Å². The molecule has 1 aromatic rings. The summed E-state index contributed by atoms with van der Waals surface area (Å²) < 4.78 is 0. The number of carbonyl (C=O) groups excluding carboxylic acids is 1. The highest BCUT2D eigenvalue weighted by Crippen LogP contribution is 2.33. The molecule has 1 fully saturated rings. The number of nitrogen functional groups attached to an aromatic ring is 1. The van der Waals surface area contributed by atoms with E-state index < -0.39 is 0 Å². The zero-order valence-corrected chi connectivity index (χ0v) is 12.0. The third-order valence-corrected chi connectivity index (χ3v) is 3.58. The Labute approximate surface area is 115 Å². The van der Waals surface area contributed by atoms with Gasteiger partial charge in [-0.05, 0) is 43.9 Å². The largest absolute Gasteiger partial charge is 0.397 e. The van der Waals surface area contributed by atoms with Crippen LogP contribution in [0.1, 0.15) is 30.1 Å². The van der Waals surface area contributed by atoms with E-state index >= 15 is 0 Å². The lowest BCUT2D eigenvalue weighted by Crippen LogP contribution is -2.26. The highest BCUT2D eigenvalue weighted by molar-refractivity contribution is 5.95. The van der Waals surface area contributed by atoms with Gasteiger partial charge in [0.05, 0.1) is 11.4 Å². The number of nitrogens with two attached hydrogens (primary N) is 1. The second kappa shape index (κ2) is 5.51. The number of benzene rings is 1. The van der Waals surface area contributed by atoms with E-state index in [1.807, 2.05) is 12.1 Å². The third kappa shape index (κ3) is 3.19. The van der Waals surface area contributed by atoms with E-state index in [9.17, 15) is 4.79 Å². The Morgan fingerprint density at radius 3 is 2.53 bits per heavy atom. The molecule has 0 spiro atoms. The fraction of sp³-hybridized carbons (Fsp3) is 0.533. The van der Waals surface area contributed by atoms with Crippen molar-refractivity contribution in [1.29, 1.82) is 0 Å². The minimum absolute atomic E-state index is 0.0107. The highest BCUT2D eigenvalue weighted by Gasteiger charge is 2.24. The maximum absolute atomic E-state index is 11.9. The van der Waals surface area contributed by atoms with Crippen LogP contribution in [0.4, 0.5) is 11.4 Å². The SMILES string of the molecule is CCN(CC1CC1)c1ccc(C(=O)N(C)C)cc1N. The number of amides is 1. The average Bonchev–Trinajstić information content (AvgIpc) is 3.19. The Balaban J connectivity index is 2.19. The topological polar surface area (TPSA) is 49.6 Å². The van der Waals surface area contributed by atoms with Crippen molar-refractivity contribution >= 4 is 17.3 Å². The fourth-order valence-electron chi connectivity index (χ4n) is 2.24. The molecule has 1 saturated carbocycles. The molecule has 4 nitrogen and oxygen atoms in total. The summed E-state index contributed by atoms with van der Waals surface area (Å²) >= 11 is 0. The zero-order chi connectivity index (χ0) is 14.0. The van der Waals surface area contributed by atoms with Gasteiger partial charge in [-0.1, -0.05) is 0 Å². The maximum atomic E-state index is 11.9. The van der Waals surface area contributed by atoms with Crippen LogP contribution >= 0.6 is 0 Å². The smallest absolute Gasteiger partial charge is 0.253 e. The molecule has 19 heavy (non-hydrogen) atoms. The van der Waals surface area contributed by atoms with Crippen LogP contribution in [0.5, 0.6) is 0 Å². The molecule has 0 unspecified atom stereocenters. The van der Waals surface area contributed by atoms with Crippen LogP contribution in [0, 0.1) is 5.92 Å². The van der Waals surface area contributed by atoms with Crippen molar-refractivity contribution in [1.82, 2.24) is 4.90 Å². The predicted molar refractivity (Wildman–Crippen MR) is 79.5 cm³/mol. The van der Waals surface area contributed by atoms with Gasteiger partial charge in [-0.3, -0.25) is 4.79 Å². The first kappa shape index (κ1) is 13.7. The maximum Gasteiger partial charge on any atom is 0.253 e. The number of nitrogens with zero attached hydrogens (tertiary/aromatic N) is 2. The van der Waals surface area contributed by atoms with Crippen LogP contribution in [-0.4, -0.2) is 38.0 Å². The van der Waals surface area contributed by atoms with Gasteiger partial charge in [0.2, 0.25) is 0 Å². The van der Waals surface area contributed by atoms with E-state index in [0.29, 0.717) is 11.3 Å². The lowest BCUT2D eigenvalue weighted by atomic mass is 10.1. The van der Waals surface area contributed by atoms with Crippen molar-refractivity contribution in [3.05, 3.63) is 23.8 Å². The summed E-state index contributed by atoms with van der Waals surface area (Å²) in [5, 5.41) is 0. The van der Waals surface area contributed by atoms with Crippen molar-refractivity contribution in [3.63, 3.8) is 0 Å². The van der Waals surface area contributed by atoms with E-state index in [-0.39, 0.29) is 5.91 Å². The Hall–Kier alpha value is -1.71. The van der Waals surface area contributed by atoms with Crippen LogP contribution in [0.3, 0.4) is 0 Å². The highest BCUT2D eigenvalue weighted by atomic mass is 16.2. The van der Waals surface area contributed by atoms with Gasteiger partial charge in [-0.25, -0.2) is 0 Å². The second-order valence-electron chi connectivity index (χ2n) is 5.46. The number of hydrogen-bond acceptors (Lipinski definition) is 3. The van der Waals surface area contributed by atoms with Gasteiger partial charge in [0.25, 0.3) is 5.91 Å². The number of anilines is 2. The predicted octanol–water partition coefficient (Wildman–Crippen LogP) is 2.21. The standard InChI is InChI=1S/C15H23N3O/c1-4-18(10-11-5-6-11)14-8-7-12(9-13(14)16)15(19)17(2)3/h7-9,11H,4-6,10,16H2,1-3H3. The van der Waals surface area contributed by atoms with Crippen LogP contribution in [0.2, 0.25) is 0 Å². The van der Waals surface area contributed by atoms with E-state index in [1.165, 1.54) is 12.8 Å².